The van der Waals surface area contributed by atoms with Crippen LogP contribution in [0, 0.1) is 5.92 Å². The molecular formula is C16H25Cl2N. The molecule has 1 N–H and O–H groups in total. The van der Waals surface area contributed by atoms with Crippen LogP contribution >= 0.6 is 24.0 Å². The predicted molar refractivity (Wildman–Crippen MR) is 86.5 cm³/mol. The molecule has 0 aliphatic carbocycles. The lowest BCUT2D eigenvalue weighted by atomic mass is 9.81. The highest BCUT2D eigenvalue weighted by Gasteiger charge is 2.25. The molecule has 0 bridgehead atoms. The number of hydrogen-bond donors (Lipinski definition) is 1. The van der Waals surface area contributed by atoms with Crippen LogP contribution in [0.3, 0.4) is 0 Å². The molecule has 3 heteroatoms. The number of rotatable bonds is 4. The van der Waals surface area contributed by atoms with Gasteiger partial charge in [0.1, 0.15) is 0 Å². The molecule has 108 valence electrons. The van der Waals surface area contributed by atoms with Gasteiger partial charge in [0.2, 0.25) is 0 Å². The maximum Gasteiger partial charge on any atom is 0.0406 e. The van der Waals surface area contributed by atoms with E-state index in [9.17, 15) is 0 Å². The molecule has 19 heavy (non-hydrogen) atoms. The highest BCUT2D eigenvalue weighted by molar-refractivity contribution is 6.30. The lowest BCUT2D eigenvalue weighted by Gasteiger charge is -2.33. The van der Waals surface area contributed by atoms with Gasteiger partial charge in [-0.3, -0.25) is 0 Å². The van der Waals surface area contributed by atoms with Crippen molar-refractivity contribution in [3.8, 4) is 0 Å². The van der Waals surface area contributed by atoms with E-state index in [1.54, 1.807) is 0 Å². The first-order valence-electron chi connectivity index (χ1n) is 7.15. The summed E-state index contributed by atoms with van der Waals surface area (Å²) in [5.74, 6) is 1.36. The summed E-state index contributed by atoms with van der Waals surface area (Å²) in [5, 5.41) is 4.54. The summed E-state index contributed by atoms with van der Waals surface area (Å²) in [6.07, 6.45) is 5.24. The first kappa shape index (κ1) is 16.8. The Hall–Kier alpha value is -0.240. The van der Waals surface area contributed by atoms with Gasteiger partial charge in [-0.05, 0) is 55.3 Å². The van der Waals surface area contributed by atoms with Gasteiger partial charge in [-0.2, -0.15) is 0 Å². The molecule has 1 nitrogen and oxygen atoms in total. The van der Waals surface area contributed by atoms with Crippen molar-refractivity contribution in [3.63, 3.8) is 0 Å². The van der Waals surface area contributed by atoms with Gasteiger partial charge in [0.05, 0.1) is 0 Å². The fraction of sp³-hybridized carbons (Fsp3) is 0.625. The van der Waals surface area contributed by atoms with Crippen molar-refractivity contribution in [2.75, 3.05) is 6.54 Å². The molecular weight excluding hydrogens is 277 g/mol. The zero-order chi connectivity index (χ0) is 13.0. The van der Waals surface area contributed by atoms with Crippen molar-refractivity contribution < 1.29 is 0 Å². The predicted octanol–water partition coefficient (Wildman–Crippen LogP) is 5.03. The minimum atomic E-state index is 0. The van der Waals surface area contributed by atoms with Crippen molar-refractivity contribution in [1.29, 1.82) is 0 Å². The Balaban J connectivity index is 0.00000180. The van der Waals surface area contributed by atoms with Gasteiger partial charge in [0.15, 0.2) is 0 Å². The Morgan fingerprint density at radius 1 is 1.21 bits per heavy atom. The Bertz CT molecular complexity index is 356. The minimum absolute atomic E-state index is 0. The first-order chi connectivity index (χ1) is 8.66. The van der Waals surface area contributed by atoms with E-state index in [-0.39, 0.29) is 12.4 Å². The van der Waals surface area contributed by atoms with Gasteiger partial charge in [0.25, 0.3) is 0 Å². The molecule has 1 aromatic carbocycles. The summed E-state index contributed by atoms with van der Waals surface area (Å²) in [7, 11) is 0. The zero-order valence-corrected chi connectivity index (χ0v) is 13.4. The minimum Gasteiger partial charge on any atom is -0.313 e. The van der Waals surface area contributed by atoms with Crippen LogP contribution in [0.2, 0.25) is 5.02 Å². The second-order valence-corrected chi connectivity index (χ2v) is 6.28. The second-order valence-electron chi connectivity index (χ2n) is 5.84. The molecule has 1 aromatic rings. The van der Waals surface area contributed by atoms with Crippen LogP contribution in [0.1, 0.15) is 51.0 Å². The fourth-order valence-corrected chi connectivity index (χ4v) is 3.10. The van der Waals surface area contributed by atoms with Gasteiger partial charge < -0.3 is 5.32 Å². The van der Waals surface area contributed by atoms with E-state index in [0.717, 1.165) is 10.9 Å². The molecule has 2 rings (SSSR count). The third-order valence-corrected chi connectivity index (χ3v) is 4.11. The van der Waals surface area contributed by atoms with Crippen LogP contribution in [0.4, 0.5) is 0 Å². The van der Waals surface area contributed by atoms with E-state index in [4.69, 9.17) is 11.6 Å². The van der Waals surface area contributed by atoms with E-state index in [0.29, 0.717) is 12.0 Å². The Labute approximate surface area is 128 Å². The quantitative estimate of drug-likeness (QED) is 0.822. The fourth-order valence-electron chi connectivity index (χ4n) is 2.97. The maximum absolute atomic E-state index is 5.99. The number of nitrogens with one attached hydrogen (secondary N) is 1. The van der Waals surface area contributed by atoms with Crippen LogP contribution in [-0.2, 0) is 0 Å². The van der Waals surface area contributed by atoms with Crippen LogP contribution in [0.25, 0.3) is 0 Å². The van der Waals surface area contributed by atoms with Crippen LogP contribution in [-0.4, -0.2) is 12.6 Å². The first-order valence-corrected chi connectivity index (χ1v) is 7.53. The summed E-state index contributed by atoms with van der Waals surface area (Å²) in [4.78, 5) is 0. The summed E-state index contributed by atoms with van der Waals surface area (Å²) in [6.45, 7) is 5.80. The molecule has 2 unspecified atom stereocenters. The lowest BCUT2D eigenvalue weighted by molar-refractivity contribution is 0.318. The van der Waals surface area contributed by atoms with E-state index < -0.39 is 0 Å². The van der Waals surface area contributed by atoms with E-state index in [1.165, 1.54) is 37.8 Å². The monoisotopic (exact) mass is 301 g/mol. The molecule has 1 aliphatic rings. The van der Waals surface area contributed by atoms with Gasteiger partial charge in [-0.1, -0.05) is 44.0 Å². The third-order valence-electron chi connectivity index (χ3n) is 3.86. The number of halogens is 2. The molecule has 0 aromatic heterocycles. The van der Waals surface area contributed by atoms with Gasteiger partial charge >= 0.3 is 0 Å². The molecule has 0 radical (unpaired) electrons. The molecule has 0 amide bonds. The Morgan fingerprint density at radius 2 is 1.89 bits per heavy atom. The zero-order valence-electron chi connectivity index (χ0n) is 11.9. The topological polar surface area (TPSA) is 12.0 Å². The molecule has 0 saturated carbocycles. The molecule has 1 saturated heterocycles. The van der Waals surface area contributed by atoms with Gasteiger partial charge in [-0.25, -0.2) is 0 Å². The average Bonchev–Trinajstić information content (AvgIpc) is 2.38. The normalized spacial score (nSPS) is 20.9. The Kier molecular flexibility index (Phi) is 7.20. The van der Waals surface area contributed by atoms with Crippen LogP contribution in [0.15, 0.2) is 24.3 Å². The summed E-state index contributed by atoms with van der Waals surface area (Å²) >= 11 is 5.99. The van der Waals surface area contributed by atoms with E-state index in [1.807, 2.05) is 12.1 Å². The second kappa shape index (κ2) is 8.14. The highest BCUT2D eigenvalue weighted by atomic mass is 35.5. The van der Waals surface area contributed by atoms with Crippen molar-refractivity contribution >= 4 is 24.0 Å². The van der Waals surface area contributed by atoms with Crippen molar-refractivity contribution in [3.05, 3.63) is 34.9 Å². The molecule has 1 fully saturated rings. The van der Waals surface area contributed by atoms with Gasteiger partial charge in [0, 0.05) is 11.1 Å². The maximum atomic E-state index is 5.99. The largest absolute Gasteiger partial charge is 0.313 e. The summed E-state index contributed by atoms with van der Waals surface area (Å²) in [5.41, 5.74) is 1.44. The SMILES string of the molecule is CC(C)CC(c1ccc(Cl)cc1)C1CCCCN1.Cl. The molecule has 0 spiro atoms. The number of benzene rings is 1. The van der Waals surface area contributed by atoms with E-state index >= 15 is 0 Å². The highest BCUT2D eigenvalue weighted by Crippen LogP contribution is 2.31. The van der Waals surface area contributed by atoms with Crippen molar-refractivity contribution in [2.24, 2.45) is 5.92 Å². The van der Waals surface area contributed by atoms with Crippen LogP contribution < -0.4 is 5.32 Å². The van der Waals surface area contributed by atoms with Crippen molar-refractivity contribution in [2.45, 2.75) is 51.5 Å². The smallest absolute Gasteiger partial charge is 0.0406 e. The molecule has 1 heterocycles. The Morgan fingerprint density at radius 3 is 2.42 bits per heavy atom. The van der Waals surface area contributed by atoms with Crippen molar-refractivity contribution in [1.82, 2.24) is 5.32 Å². The van der Waals surface area contributed by atoms with Gasteiger partial charge in [-0.15, -0.1) is 12.4 Å². The lowest BCUT2D eigenvalue weighted by Crippen LogP contribution is -2.39. The van der Waals surface area contributed by atoms with E-state index in [2.05, 4.69) is 31.3 Å². The standard InChI is InChI=1S/C16H24ClN.ClH/c1-12(2)11-15(16-5-3-4-10-18-16)13-6-8-14(17)9-7-13;/h6-9,12,15-16,18H,3-5,10-11H2,1-2H3;1H. The average molecular weight is 302 g/mol. The third kappa shape index (κ3) is 4.98. The molecule has 1 aliphatic heterocycles. The summed E-state index contributed by atoms with van der Waals surface area (Å²) in [6, 6.07) is 9.08. The number of piperidine rings is 1. The number of hydrogen-bond acceptors (Lipinski definition) is 1. The van der Waals surface area contributed by atoms with Crippen LogP contribution in [0.5, 0.6) is 0 Å². The molecule has 2 atom stereocenters. The summed E-state index contributed by atoms with van der Waals surface area (Å²) < 4.78 is 0.